The summed E-state index contributed by atoms with van der Waals surface area (Å²) in [6.45, 7) is 1.12. The molecular formula is C9H14N6S. The van der Waals surface area contributed by atoms with Gasteiger partial charge in [0.05, 0.1) is 11.9 Å². The third-order valence-electron chi connectivity index (χ3n) is 1.65. The SMILES string of the molecule is NCCNC(=S)N/N=C/c1ncccc1N. The van der Waals surface area contributed by atoms with Gasteiger partial charge in [-0.25, -0.2) is 0 Å². The molecule has 86 valence electrons. The van der Waals surface area contributed by atoms with E-state index in [1.54, 1.807) is 18.3 Å². The topological polar surface area (TPSA) is 101 Å². The van der Waals surface area contributed by atoms with Gasteiger partial charge >= 0.3 is 0 Å². The summed E-state index contributed by atoms with van der Waals surface area (Å²) < 4.78 is 0. The molecule has 0 atom stereocenters. The second-order valence-electron chi connectivity index (χ2n) is 2.89. The average molecular weight is 238 g/mol. The van der Waals surface area contributed by atoms with E-state index >= 15 is 0 Å². The molecule has 0 aliphatic heterocycles. The van der Waals surface area contributed by atoms with Gasteiger partial charge in [-0.2, -0.15) is 5.10 Å². The van der Waals surface area contributed by atoms with Crippen LogP contribution < -0.4 is 22.2 Å². The summed E-state index contributed by atoms with van der Waals surface area (Å²) in [6, 6.07) is 3.51. The molecule has 0 bridgehead atoms. The molecule has 0 radical (unpaired) electrons. The number of anilines is 1. The van der Waals surface area contributed by atoms with Crippen LogP contribution in [0, 0.1) is 0 Å². The number of aromatic nitrogens is 1. The second-order valence-corrected chi connectivity index (χ2v) is 3.30. The predicted molar refractivity (Wildman–Crippen MR) is 69.0 cm³/mol. The Balaban J connectivity index is 2.43. The van der Waals surface area contributed by atoms with E-state index in [0.29, 0.717) is 29.6 Å². The molecule has 0 aliphatic carbocycles. The van der Waals surface area contributed by atoms with Crippen LogP contribution in [0.1, 0.15) is 5.69 Å². The van der Waals surface area contributed by atoms with E-state index in [0.717, 1.165) is 0 Å². The van der Waals surface area contributed by atoms with Crippen LogP contribution in [-0.4, -0.2) is 29.4 Å². The first-order valence-corrected chi connectivity index (χ1v) is 5.12. The highest BCUT2D eigenvalue weighted by Gasteiger charge is 1.94. The Kier molecular flexibility index (Phi) is 5.17. The van der Waals surface area contributed by atoms with Crippen molar-refractivity contribution in [2.24, 2.45) is 10.8 Å². The Labute approximate surface area is 99.1 Å². The molecule has 1 rings (SSSR count). The van der Waals surface area contributed by atoms with Gasteiger partial charge < -0.3 is 16.8 Å². The highest BCUT2D eigenvalue weighted by Crippen LogP contribution is 2.02. The van der Waals surface area contributed by atoms with Crippen molar-refractivity contribution in [1.82, 2.24) is 15.7 Å². The van der Waals surface area contributed by atoms with Gasteiger partial charge in [0.1, 0.15) is 5.69 Å². The first kappa shape index (κ1) is 12.3. The number of pyridine rings is 1. The van der Waals surface area contributed by atoms with Crippen molar-refractivity contribution in [3.63, 3.8) is 0 Å². The third-order valence-corrected chi connectivity index (χ3v) is 1.89. The van der Waals surface area contributed by atoms with Gasteiger partial charge in [0.2, 0.25) is 0 Å². The van der Waals surface area contributed by atoms with Gasteiger partial charge in [-0.05, 0) is 24.4 Å². The Morgan fingerprint density at radius 2 is 2.44 bits per heavy atom. The average Bonchev–Trinajstić information content (AvgIpc) is 2.29. The fraction of sp³-hybridized carbons (Fsp3) is 0.222. The van der Waals surface area contributed by atoms with Crippen molar-refractivity contribution >= 4 is 29.2 Å². The van der Waals surface area contributed by atoms with E-state index < -0.39 is 0 Å². The number of rotatable bonds is 4. The fourth-order valence-corrected chi connectivity index (χ4v) is 1.07. The van der Waals surface area contributed by atoms with Crippen molar-refractivity contribution in [3.8, 4) is 0 Å². The molecule has 0 fully saturated rings. The zero-order valence-corrected chi connectivity index (χ0v) is 9.50. The number of hydrogen-bond acceptors (Lipinski definition) is 5. The van der Waals surface area contributed by atoms with Crippen LogP contribution >= 0.6 is 12.2 Å². The van der Waals surface area contributed by atoms with E-state index in [1.165, 1.54) is 6.21 Å². The van der Waals surface area contributed by atoms with Crippen molar-refractivity contribution in [1.29, 1.82) is 0 Å². The van der Waals surface area contributed by atoms with Crippen LogP contribution in [0.25, 0.3) is 0 Å². The summed E-state index contributed by atoms with van der Waals surface area (Å²) in [5, 5.41) is 7.17. The summed E-state index contributed by atoms with van der Waals surface area (Å²) in [4.78, 5) is 4.04. The highest BCUT2D eigenvalue weighted by atomic mass is 32.1. The summed E-state index contributed by atoms with van der Waals surface area (Å²) in [5.74, 6) is 0. The lowest BCUT2D eigenvalue weighted by atomic mass is 10.3. The number of nitrogen functional groups attached to an aromatic ring is 1. The van der Waals surface area contributed by atoms with Crippen molar-refractivity contribution in [3.05, 3.63) is 24.0 Å². The zero-order chi connectivity index (χ0) is 11.8. The van der Waals surface area contributed by atoms with Gasteiger partial charge in [-0.3, -0.25) is 10.4 Å². The molecule has 0 saturated carbocycles. The van der Waals surface area contributed by atoms with Crippen LogP contribution in [0.2, 0.25) is 0 Å². The van der Waals surface area contributed by atoms with Crippen molar-refractivity contribution in [2.75, 3.05) is 18.8 Å². The van der Waals surface area contributed by atoms with Crippen molar-refractivity contribution in [2.45, 2.75) is 0 Å². The number of nitrogens with one attached hydrogen (secondary N) is 2. The highest BCUT2D eigenvalue weighted by molar-refractivity contribution is 7.80. The lowest BCUT2D eigenvalue weighted by molar-refractivity contribution is 0.846. The Bertz CT molecular complexity index is 378. The van der Waals surface area contributed by atoms with Gasteiger partial charge in [-0.15, -0.1) is 0 Å². The largest absolute Gasteiger partial charge is 0.397 e. The first-order chi connectivity index (χ1) is 7.74. The maximum Gasteiger partial charge on any atom is 0.187 e. The van der Waals surface area contributed by atoms with E-state index in [-0.39, 0.29) is 0 Å². The summed E-state index contributed by atoms with van der Waals surface area (Å²) in [5.41, 5.74) is 14.8. The number of hydrazone groups is 1. The van der Waals surface area contributed by atoms with Gasteiger partial charge in [0, 0.05) is 19.3 Å². The minimum atomic E-state index is 0.413. The molecule has 0 spiro atoms. The molecule has 6 N–H and O–H groups in total. The van der Waals surface area contributed by atoms with Crippen LogP contribution in [0.4, 0.5) is 5.69 Å². The van der Waals surface area contributed by atoms with Crippen LogP contribution in [0.5, 0.6) is 0 Å². The monoisotopic (exact) mass is 238 g/mol. The molecule has 1 aromatic heterocycles. The summed E-state index contributed by atoms with van der Waals surface area (Å²) in [6.07, 6.45) is 3.15. The smallest absolute Gasteiger partial charge is 0.187 e. The molecule has 0 aliphatic rings. The van der Waals surface area contributed by atoms with E-state index in [1.807, 2.05) is 0 Å². The summed E-state index contributed by atoms with van der Waals surface area (Å²) >= 11 is 4.92. The predicted octanol–water partition coefficient (Wildman–Crippen LogP) is -0.579. The fourth-order valence-electron chi connectivity index (χ4n) is 0.915. The van der Waals surface area contributed by atoms with Crippen LogP contribution in [0.15, 0.2) is 23.4 Å². The summed E-state index contributed by atoms with van der Waals surface area (Å²) in [7, 11) is 0. The molecule has 7 heteroatoms. The van der Waals surface area contributed by atoms with Gasteiger partial charge in [-0.1, -0.05) is 0 Å². The van der Waals surface area contributed by atoms with E-state index in [2.05, 4.69) is 20.8 Å². The molecule has 1 aromatic rings. The molecule has 0 aromatic carbocycles. The minimum absolute atomic E-state index is 0.413. The molecule has 1 heterocycles. The van der Waals surface area contributed by atoms with Gasteiger partial charge in [0.15, 0.2) is 5.11 Å². The second kappa shape index (κ2) is 6.70. The van der Waals surface area contributed by atoms with Gasteiger partial charge in [0.25, 0.3) is 0 Å². The molecule has 6 nitrogen and oxygen atoms in total. The number of nitrogens with zero attached hydrogens (tertiary/aromatic N) is 2. The molecule has 0 saturated heterocycles. The Morgan fingerprint density at radius 1 is 1.62 bits per heavy atom. The lowest BCUT2D eigenvalue weighted by Gasteiger charge is -2.04. The van der Waals surface area contributed by atoms with Crippen LogP contribution in [0.3, 0.4) is 0 Å². The maximum absolute atomic E-state index is 5.67. The molecular weight excluding hydrogens is 224 g/mol. The number of hydrogen-bond donors (Lipinski definition) is 4. The minimum Gasteiger partial charge on any atom is -0.397 e. The molecule has 0 amide bonds. The van der Waals surface area contributed by atoms with E-state index in [4.69, 9.17) is 23.7 Å². The van der Waals surface area contributed by atoms with Crippen LogP contribution in [-0.2, 0) is 0 Å². The first-order valence-electron chi connectivity index (χ1n) is 4.71. The van der Waals surface area contributed by atoms with E-state index in [9.17, 15) is 0 Å². The molecule has 16 heavy (non-hydrogen) atoms. The Hall–Kier alpha value is -1.73. The maximum atomic E-state index is 5.67. The number of thiocarbonyl (C=S) groups is 1. The normalized spacial score (nSPS) is 10.3. The number of nitrogens with two attached hydrogens (primary N) is 2. The lowest BCUT2D eigenvalue weighted by Crippen LogP contribution is -2.35. The standard InChI is InChI=1S/C9H14N6S/c10-3-5-13-9(16)15-14-6-8-7(11)2-1-4-12-8/h1-2,4,6H,3,5,10-11H2,(H2,13,15,16)/b14-6+. The molecule has 0 unspecified atom stereocenters. The quantitative estimate of drug-likeness (QED) is 0.318. The van der Waals surface area contributed by atoms with Crippen molar-refractivity contribution < 1.29 is 0 Å². The Morgan fingerprint density at radius 3 is 3.12 bits per heavy atom. The zero-order valence-electron chi connectivity index (χ0n) is 8.68. The third kappa shape index (κ3) is 4.20.